The summed E-state index contributed by atoms with van der Waals surface area (Å²) >= 11 is 3.18. The lowest BCUT2D eigenvalue weighted by atomic mass is 10.1. The second-order valence-electron chi connectivity index (χ2n) is 2.58. The zero-order valence-corrected chi connectivity index (χ0v) is 9.36. The molecule has 1 aromatic heterocycles. The van der Waals surface area contributed by atoms with Crippen LogP contribution in [0.4, 0.5) is 4.39 Å². The number of fused-ring (bicyclic) bond motifs is 1. The molecule has 0 aliphatic carbocycles. The van der Waals surface area contributed by atoms with E-state index in [0.717, 1.165) is 25.9 Å². The number of carbonyl (C=O) groups is 1. The van der Waals surface area contributed by atoms with E-state index in [9.17, 15) is 9.18 Å². The SMILES string of the molecule is O=Cc1cc(I)cc2sc(F)cc12. The first kappa shape index (κ1) is 9.08. The van der Waals surface area contributed by atoms with Crippen molar-refractivity contribution >= 4 is 50.3 Å². The number of hydrogen-bond donors (Lipinski definition) is 0. The molecule has 0 amide bonds. The first-order chi connectivity index (χ1) is 6.20. The fourth-order valence-electron chi connectivity index (χ4n) is 1.20. The van der Waals surface area contributed by atoms with E-state index >= 15 is 0 Å². The second kappa shape index (κ2) is 3.34. The van der Waals surface area contributed by atoms with Crippen molar-refractivity contribution in [3.63, 3.8) is 0 Å². The Bertz CT molecular complexity index is 478. The summed E-state index contributed by atoms with van der Waals surface area (Å²) in [4.78, 5) is 10.7. The number of rotatable bonds is 1. The lowest BCUT2D eigenvalue weighted by Gasteiger charge is -1.94. The highest BCUT2D eigenvalue weighted by Gasteiger charge is 2.06. The molecule has 1 aromatic carbocycles. The van der Waals surface area contributed by atoms with Crippen LogP contribution in [0.2, 0.25) is 0 Å². The van der Waals surface area contributed by atoms with Gasteiger partial charge in [-0.25, -0.2) is 0 Å². The Balaban J connectivity index is 2.88. The Morgan fingerprint density at radius 3 is 2.85 bits per heavy atom. The standard InChI is InChI=1S/C9H4FIOS/c10-9-3-7-5(4-12)1-6(11)2-8(7)13-9/h1-4H. The largest absolute Gasteiger partial charge is 0.298 e. The number of benzene rings is 1. The van der Waals surface area contributed by atoms with E-state index in [4.69, 9.17) is 0 Å². The van der Waals surface area contributed by atoms with Gasteiger partial charge in [0.1, 0.15) is 0 Å². The summed E-state index contributed by atoms with van der Waals surface area (Å²) in [5.74, 6) is 0. The van der Waals surface area contributed by atoms with Gasteiger partial charge >= 0.3 is 0 Å². The van der Waals surface area contributed by atoms with Gasteiger partial charge in [0, 0.05) is 19.2 Å². The van der Waals surface area contributed by atoms with E-state index in [2.05, 4.69) is 22.6 Å². The molecule has 0 aliphatic heterocycles. The van der Waals surface area contributed by atoms with E-state index in [0.29, 0.717) is 10.9 Å². The highest BCUT2D eigenvalue weighted by atomic mass is 127. The van der Waals surface area contributed by atoms with Gasteiger partial charge in [0.2, 0.25) is 0 Å². The van der Waals surface area contributed by atoms with Gasteiger partial charge in [0.15, 0.2) is 11.4 Å². The summed E-state index contributed by atoms with van der Waals surface area (Å²) in [5.41, 5.74) is 0.557. The molecule has 2 rings (SSSR count). The zero-order valence-electron chi connectivity index (χ0n) is 6.38. The summed E-state index contributed by atoms with van der Waals surface area (Å²) in [6.07, 6.45) is 0.761. The number of hydrogen-bond acceptors (Lipinski definition) is 2. The highest BCUT2D eigenvalue weighted by Crippen LogP contribution is 2.28. The van der Waals surface area contributed by atoms with Crippen molar-refractivity contribution in [1.29, 1.82) is 0 Å². The van der Waals surface area contributed by atoms with Crippen LogP contribution in [0.1, 0.15) is 10.4 Å². The Labute approximate surface area is 91.7 Å². The lowest BCUT2D eigenvalue weighted by Crippen LogP contribution is -1.81. The molecular weight excluding hydrogens is 302 g/mol. The summed E-state index contributed by atoms with van der Waals surface area (Å²) in [7, 11) is 0. The summed E-state index contributed by atoms with van der Waals surface area (Å²) in [5, 5.41) is 0.456. The van der Waals surface area contributed by atoms with Gasteiger partial charge in [-0.05, 0) is 40.8 Å². The van der Waals surface area contributed by atoms with E-state index in [-0.39, 0.29) is 5.13 Å². The van der Waals surface area contributed by atoms with Crippen molar-refractivity contribution < 1.29 is 9.18 Å². The van der Waals surface area contributed by atoms with Gasteiger partial charge in [-0.3, -0.25) is 4.79 Å². The van der Waals surface area contributed by atoms with Gasteiger partial charge in [-0.1, -0.05) is 0 Å². The van der Waals surface area contributed by atoms with Crippen LogP contribution < -0.4 is 0 Å². The van der Waals surface area contributed by atoms with E-state index < -0.39 is 0 Å². The summed E-state index contributed by atoms with van der Waals surface area (Å²) in [6.45, 7) is 0. The molecular formula is C9H4FIOS. The van der Waals surface area contributed by atoms with E-state index in [1.165, 1.54) is 6.07 Å². The minimum atomic E-state index is -0.250. The number of aldehydes is 1. The second-order valence-corrected chi connectivity index (χ2v) is 4.85. The van der Waals surface area contributed by atoms with Crippen molar-refractivity contribution in [1.82, 2.24) is 0 Å². The van der Waals surface area contributed by atoms with Crippen molar-refractivity contribution in [3.8, 4) is 0 Å². The normalized spacial score (nSPS) is 10.6. The Hall–Kier alpha value is -0.490. The predicted molar refractivity (Wildman–Crippen MR) is 59.9 cm³/mol. The smallest absolute Gasteiger partial charge is 0.177 e. The quantitative estimate of drug-likeness (QED) is 0.582. The first-order valence-corrected chi connectivity index (χ1v) is 5.44. The molecule has 0 radical (unpaired) electrons. The first-order valence-electron chi connectivity index (χ1n) is 3.54. The minimum Gasteiger partial charge on any atom is -0.298 e. The number of halogens is 2. The average molecular weight is 306 g/mol. The molecule has 4 heteroatoms. The van der Waals surface area contributed by atoms with Crippen molar-refractivity contribution in [2.75, 3.05) is 0 Å². The Morgan fingerprint density at radius 2 is 2.15 bits per heavy atom. The third kappa shape index (κ3) is 1.60. The molecule has 0 bridgehead atoms. The maximum Gasteiger partial charge on any atom is 0.177 e. The lowest BCUT2D eigenvalue weighted by molar-refractivity contribution is 0.112. The molecule has 1 heterocycles. The van der Waals surface area contributed by atoms with Crippen LogP contribution in [-0.4, -0.2) is 6.29 Å². The molecule has 0 saturated carbocycles. The van der Waals surface area contributed by atoms with E-state index in [1.807, 2.05) is 6.07 Å². The minimum absolute atomic E-state index is 0.250. The predicted octanol–water partition coefficient (Wildman–Crippen LogP) is 3.46. The molecule has 0 fully saturated rings. The monoisotopic (exact) mass is 306 g/mol. The Morgan fingerprint density at radius 1 is 1.38 bits per heavy atom. The van der Waals surface area contributed by atoms with Crippen LogP contribution in [0.3, 0.4) is 0 Å². The third-order valence-corrected chi connectivity index (χ3v) is 3.22. The van der Waals surface area contributed by atoms with Crippen molar-refractivity contribution in [3.05, 3.63) is 32.5 Å². The van der Waals surface area contributed by atoms with Crippen LogP contribution in [0, 0.1) is 8.70 Å². The number of carbonyl (C=O) groups excluding carboxylic acids is 1. The fraction of sp³-hybridized carbons (Fsp3) is 0. The maximum absolute atomic E-state index is 12.9. The summed E-state index contributed by atoms with van der Waals surface area (Å²) < 4.78 is 14.6. The summed E-state index contributed by atoms with van der Waals surface area (Å²) in [6, 6.07) is 5.03. The van der Waals surface area contributed by atoms with Crippen LogP contribution >= 0.6 is 33.9 Å². The van der Waals surface area contributed by atoms with Crippen LogP contribution in [0.15, 0.2) is 18.2 Å². The fourth-order valence-corrected chi connectivity index (χ4v) is 2.92. The molecule has 13 heavy (non-hydrogen) atoms. The molecule has 0 spiro atoms. The molecule has 0 atom stereocenters. The average Bonchev–Trinajstić information content (AvgIpc) is 2.43. The Kier molecular flexibility index (Phi) is 2.33. The topological polar surface area (TPSA) is 17.1 Å². The third-order valence-electron chi connectivity index (χ3n) is 1.73. The van der Waals surface area contributed by atoms with Gasteiger partial charge in [0.25, 0.3) is 0 Å². The molecule has 66 valence electrons. The molecule has 0 aliphatic rings. The van der Waals surface area contributed by atoms with Gasteiger partial charge in [-0.15, -0.1) is 11.3 Å². The van der Waals surface area contributed by atoms with Gasteiger partial charge in [0.05, 0.1) is 0 Å². The van der Waals surface area contributed by atoms with Crippen molar-refractivity contribution in [2.45, 2.75) is 0 Å². The number of thiophene rings is 1. The highest BCUT2D eigenvalue weighted by molar-refractivity contribution is 14.1. The molecule has 0 N–H and O–H groups in total. The zero-order chi connectivity index (χ0) is 9.42. The van der Waals surface area contributed by atoms with Gasteiger partial charge in [-0.2, -0.15) is 4.39 Å². The van der Waals surface area contributed by atoms with E-state index in [1.54, 1.807) is 6.07 Å². The van der Waals surface area contributed by atoms with Crippen LogP contribution in [-0.2, 0) is 0 Å². The molecule has 0 unspecified atom stereocenters. The molecule has 1 nitrogen and oxygen atoms in total. The van der Waals surface area contributed by atoms with Crippen LogP contribution in [0.5, 0.6) is 0 Å². The van der Waals surface area contributed by atoms with Crippen molar-refractivity contribution in [2.24, 2.45) is 0 Å². The van der Waals surface area contributed by atoms with Crippen LogP contribution in [0.25, 0.3) is 10.1 Å². The van der Waals surface area contributed by atoms with Gasteiger partial charge < -0.3 is 0 Å². The molecule has 0 saturated heterocycles. The molecule has 2 aromatic rings. The maximum atomic E-state index is 12.9.